The second-order valence-electron chi connectivity index (χ2n) is 6.68. The second-order valence-corrected chi connectivity index (χ2v) is 11.4. The van der Waals surface area contributed by atoms with Crippen LogP contribution in [0.4, 0.5) is 0 Å². The van der Waals surface area contributed by atoms with E-state index in [1.165, 1.54) is 0 Å². The quantitative estimate of drug-likeness (QED) is 0.689. The summed E-state index contributed by atoms with van der Waals surface area (Å²) in [5.74, 6) is 0.804. The number of hydrogen-bond acceptors (Lipinski definition) is 2. The molecule has 94 valence electrons. The summed E-state index contributed by atoms with van der Waals surface area (Å²) in [6.45, 7) is 13.5. The average Bonchev–Trinajstić information content (AvgIpc) is 2.08. The van der Waals surface area contributed by atoms with Gasteiger partial charge in [-0.3, -0.25) is 4.79 Å². The van der Waals surface area contributed by atoms with E-state index in [1.54, 1.807) is 0 Å². The molecule has 3 heteroatoms. The minimum Gasteiger partial charge on any atom is -0.414 e. The van der Waals surface area contributed by atoms with Gasteiger partial charge in [-0.15, -0.1) is 0 Å². The third-order valence-electron chi connectivity index (χ3n) is 4.14. The van der Waals surface area contributed by atoms with E-state index < -0.39 is 8.32 Å². The third kappa shape index (κ3) is 3.17. The lowest BCUT2D eigenvalue weighted by Gasteiger charge is -2.42. The molecule has 2 nitrogen and oxygen atoms in total. The molecule has 16 heavy (non-hydrogen) atoms. The summed E-state index contributed by atoms with van der Waals surface area (Å²) in [6, 6.07) is 0. The van der Waals surface area contributed by atoms with Crippen LogP contribution in [0.25, 0.3) is 0 Å². The fourth-order valence-corrected chi connectivity index (χ4v) is 3.37. The molecule has 0 aliphatic heterocycles. The molecule has 1 fully saturated rings. The van der Waals surface area contributed by atoms with E-state index in [0.29, 0.717) is 30.6 Å². The molecule has 1 saturated carbocycles. The van der Waals surface area contributed by atoms with E-state index in [9.17, 15) is 4.79 Å². The summed E-state index contributed by atoms with van der Waals surface area (Å²) in [6.07, 6.45) is 2.65. The molecule has 0 bridgehead atoms. The zero-order chi connectivity index (χ0) is 12.6. The van der Waals surface area contributed by atoms with Gasteiger partial charge in [0.05, 0.1) is 0 Å². The molecule has 1 aliphatic carbocycles. The Morgan fingerprint density at radius 1 is 1.31 bits per heavy atom. The topological polar surface area (TPSA) is 26.3 Å². The highest BCUT2D eigenvalue weighted by Crippen LogP contribution is 2.39. The summed E-state index contributed by atoms with van der Waals surface area (Å²) in [5, 5.41) is 0.258. The number of hydrogen-bond donors (Lipinski definition) is 0. The van der Waals surface area contributed by atoms with Gasteiger partial charge in [-0.1, -0.05) is 27.7 Å². The molecule has 0 saturated heterocycles. The Morgan fingerprint density at radius 3 is 2.31 bits per heavy atom. The smallest absolute Gasteiger partial charge is 0.192 e. The highest BCUT2D eigenvalue weighted by molar-refractivity contribution is 6.74. The zero-order valence-electron chi connectivity index (χ0n) is 11.6. The maximum Gasteiger partial charge on any atom is 0.192 e. The third-order valence-corrected chi connectivity index (χ3v) is 8.65. The zero-order valence-corrected chi connectivity index (χ0v) is 12.6. The number of carbonyl (C=O) groups excluding carboxylic acids is 1. The van der Waals surface area contributed by atoms with Crippen molar-refractivity contribution in [2.45, 2.75) is 71.2 Å². The van der Waals surface area contributed by atoms with Crippen molar-refractivity contribution >= 4 is 14.1 Å². The molecule has 0 unspecified atom stereocenters. The van der Waals surface area contributed by atoms with Crippen LogP contribution in [0.15, 0.2) is 0 Å². The summed E-state index contributed by atoms with van der Waals surface area (Å²) in [5.41, 5.74) is 0. The molecule has 0 aromatic rings. The molecule has 0 aromatic carbocycles. The van der Waals surface area contributed by atoms with Gasteiger partial charge in [-0.25, -0.2) is 0 Å². The lowest BCUT2D eigenvalue weighted by molar-refractivity contribution is -0.123. The first-order chi connectivity index (χ1) is 7.13. The first-order valence-corrected chi connectivity index (χ1v) is 9.24. The van der Waals surface area contributed by atoms with E-state index in [-0.39, 0.29) is 5.04 Å². The molecule has 0 N–H and O–H groups in total. The van der Waals surface area contributed by atoms with E-state index >= 15 is 0 Å². The lowest BCUT2D eigenvalue weighted by atomic mass is 9.87. The number of ketones is 1. The Bertz CT molecular complexity index is 266. The number of rotatable bonds is 2. The molecule has 1 rings (SSSR count). The summed E-state index contributed by atoms with van der Waals surface area (Å²) in [7, 11) is -1.67. The Kier molecular flexibility index (Phi) is 4.01. The fourth-order valence-electron chi connectivity index (χ4n) is 1.91. The number of carbonyl (C=O) groups is 1. The van der Waals surface area contributed by atoms with Crippen molar-refractivity contribution in [2.75, 3.05) is 0 Å². The Morgan fingerprint density at radius 2 is 1.88 bits per heavy atom. The maximum absolute atomic E-state index is 11.3. The molecule has 2 atom stereocenters. The van der Waals surface area contributed by atoms with E-state index in [2.05, 4.69) is 40.8 Å². The first kappa shape index (κ1) is 13.9. The largest absolute Gasteiger partial charge is 0.414 e. The normalized spacial score (nSPS) is 28.2. The predicted molar refractivity (Wildman–Crippen MR) is 70.1 cm³/mol. The molecular weight excluding hydrogens is 216 g/mol. The van der Waals surface area contributed by atoms with Crippen LogP contribution in [0.5, 0.6) is 0 Å². The molecule has 0 spiro atoms. The van der Waals surface area contributed by atoms with Gasteiger partial charge in [-0.2, -0.15) is 0 Å². The van der Waals surface area contributed by atoms with Gasteiger partial charge in [0.2, 0.25) is 0 Å². The summed E-state index contributed by atoms with van der Waals surface area (Å²) < 4.78 is 6.39. The molecular formula is C13H26O2Si. The molecule has 0 heterocycles. The van der Waals surface area contributed by atoms with Gasteiger partial charge in [0.25, 0.3) is 0 Å². The van der Waals surface area contributed by atoms with Crippen LogP contribution in [0.1, 0.15) is 47.0 Å². The van der Waals surface area contributed by atoms with Gasteiger partial charge < -0.3 is 4.43 Å². The van der Waals surface area contributed by atoms with Gasteiger partial charge >= 0.3 is 0 Å². The van der Waals surface area contributed by atoms with Gasteiger partial charge in [0.15, 0.2) is 8.32 Å². The van der Waals surface area contributed by atoms with Crippen molar-refractivity contribution in [2.24, 2.45) is 5.92 Å². The molecule has 0 radical (unpaired) electrons. The summed E-state index contributed by atoms with van der Waals surface area (Å²) in [4.78, 5) is 11.3. The van der Waals surface area contributed by atoms with Crippen molar-refractivity contribution in [3.63, 3.8) is 0 Å². The van der Waals surface area contributed by atoms with Gasteiger partial charge in [-0.05, 0) is 30.5 Å². The monoisotopic (exact) mass is 242 g/mol. The number of Topliss-reactive ketones (excluding diaryl/α,β-unsaturated/α-hetero) is 1. The van der Waals surface area contributed by atoms with Crippen LogP contribution < -0.4 is 0 Å². The molecule has 1 aliphatic rings. The van der Waals surface area contributed by atoms with Crippen molar-refractivity contribution < 1.29 is 9.22 Å². The van der Waals surface area contributed by atoms with Crippen LogP contribution in [-0.4, -0.2) is 20.2 Å². The average molecular weight is 242 g/mol. The van der Waals surface area contributed by atoms with Crippen LogP contribution in [0.2, 0.25) is 18.1 Å². The predicted octanol–water partition coefficient (Wildman–Crippen LogP) is 3.77. The van der Waals surface area contributed by atoms with Crippen LogP contribution >= 0.6 is 0 Å². The molecule has 0 aromatic heterocycles. The van der Waals surface area contributed by atoms with Crippen LogP contribution in [0.3, 0.4) is 0 Å². The Balaban J connectivity index is 2.64. The Labute approximate surface area is 101 Å². The van der Waals surface area contributed by atoms with E-state index in [0.717, 1.165) is 6.42 Å². The Hall–Kier alpha value is -0.153. The van der Waals surface area contributed by atoms with Crippen LogP contribution in [-0.2, 0) is 9.22 Å². The lowest BCUT2D eigenvalue weighted by Crippen LogP contribution is -2.46. The van der Waals surface area contributed by atoms with Crippen molar-refractivity contribution in [3.05, 3.63) is 0 Å². The second kappa shape index (κ2) is 4.61. The fraction of sp³-hybridized carbons (Fsp3) is 0.923. The molecule has 0 amide bonds. The van der Waals surface area contributed by atoms with Gasteiger partial charge in [0.1, 0.15) is 5.78 Å². The minimum absolute atomic E-state index is 0.258. The van der Waals surface area contributed by atoms with Gasteiger partial charge in [0, 0.05) is 18.9 Å². The SMILES string of the molecule is C[C@@H]1CC(=O)CC[C@@H]1O[Si](C)(C)C(C)(C)C. The van der Waals surface area contributed by atoms with E-state index in [4.69, 9.17) is 4.43 Å². The van der Waals surface area contributed by atoms with Crippen molar-refractivity contribution in [3.8, 4) is 0 Å². The first-order valence-electron chi connectivity index (χ1n) is 6.33. The maximum atomic E-state index is 11.3. The van der Waals surface area contributed by atoms with Crippen molar-refractivity contribution in [1.82, 2.24) is 0 Å². The van der Waals surface area contributed by atoms with Crippen LogP contribution in [0, 0.1) is 5.92 Å². The highest BCUT2D eigenvalue weighted by Gasteiger charge is 2.41. The standard InChI is InChI=1S/C13H26O2Si/c1-10-9-11(14)7-8-12(10)15-16(5,6)13(2,3)4/h10,12H,7-9H2,1-6H3/t10-,12+/m1/s1. The van der Waals surface area contributed by atoms with Crippen molar-refractivity contribution in [1.29, 1.82) is 0 Å². The van der Waals surface area contributed by atoms with E-state index in [1.807, 2.05) is 0 Å². The minimum atomic E-state index is -1.67. The highest BCUT2D eigenvalue weighted by atomic mass is 28.4. The summed E-state index contributed by atoms with van der Waals surface area (Å²) >= 11 is 0.